The van der Waals surface area contributed by atoms with Gasteiger partial charge in [-0.05, 0) is 37.3 Å². The van der Waals surface area contributed by atoms with Crippen LogP contribution in [0.15, 0.2) is 30.3 Å². The molecule has 19 heavy (non-hydrogen) atoms. The van der Waals surface area contributed by atoms with Crippen molar-refractivity contribution in [2.24, 2.45) is 0 Å². The molecule has 0 saturated heterocycles. The fraction of sp³-hybridized carbons (Fsp3) is 0.286. The molecule has 0 aliphatic heterocycles. The zero-order valence-electron chi connectivity index (χ0n) is 11.2. The number of amides is 1. The monoisotopic (exact) mass is 258 g/mol. The highest BCUT2D eigenvalue weighted by atomic mass is 16.2. The van der Waals surface area contributed by atoms with Gasteiger partial charge in [0.25, 0.3) is 0 Å². The van der Waals surface area contributed by atoms with Crippen molar-refractivity contribution >= 4 is 28.3 Å². The number of aromatic nitrogens is 1. The molecule has 1 aromatic heterocycles. The molecule has 0 radical (unpaired) electrons. The number of rotatable bonds is 4. The fourth-order valence-electron chi connectivity index (χ4n) is 1.90. The van der Waals surface area contributed by atoms with Gasteiger partial charge in [0.15, 0.2) is 0 Å². The zero-order valence-corrected chi connectivity index (χ0v) is 11.2. The summed E-state index contributed by atoms with van der Waals surface area (Å²) in [6.07, 6.45) is 0. The number of carbonyl (C=O) groups is 1. The molecule has 1 heterocycles. The number of carbonyl (C=O) groups excluding carboxylic acids is 1. The Kier molecular flexibility index (Phi) is 3.85. The number of nitrogens with two attached hydrogens (primary N) is 1. The molecule has 5 heteroatoms. The van der Waals surface area contributed by atoms with Crippen molar-refractivity contribution in [3.8, 4) is 0 Å². The first-order valence-corrected chi connectivity index (χ1v) is 6.24. The molecule has 0 spiro atoms. The summed E-state index contributed by atoms with van der Waals surface area (Å²) < 4.78 is 0. The zero-order chi connectivity index (χ0) is 13.8. The third kappa shape index (κ3) is 3.13. The van der Waals surface area contributed by atoms with E-state index in [1.54, 1.807) is 0 Å². The van der Waals surface area contributed by atoms with E-state index >= 15 is 0 Å². The molecule has 1 amide bonds. The first kappa shape index (κ1) is 13.1. The lowest BCUT2D eigenvalue weighted by Gasteiger charge is -2.17. The van der Waals surface area contributed by atoms with Crippen LogP contribution in [0.25, 0.3) is 10.9 Å². The van der Waals surface area contributed by atoms with Crippen molar-refractivity contribution in [3.63, 3.8) is 0 Å². The van der Waals surface area contributed by atoms with Gasteiger partial charge in [0.1, 0.15) is 5.82 Å². The average Bonchev–Trinajstić information content (AvgIpc) is 2.38. The summed E-state index contributed by atoms with van der Waals surface area (Å²) in [7, 11) is 1.85. The van der Waals surface area contributed by atoms with Gasteiger partial charge < -0.3 is 16.0 Å². The predicted octanol–water partition coefficient (Wildman–Crippen LogP) is 1.39. The van der Waals surface area contributed by atoms with Crippen molar-refractivity contribution < 1.29 is 4.79 Å². The maximum atomic E-state index is 11.5. The van der Waals surface area contributed by atoms with Crippen LogP contribution >= 0.6 is 0 Å². The standard InChI is InChI=1S/C14H18N4O/c1-3-16-14(19)9-18(2)13-7-4-10-8-11(15)5-6-12(10)17-13/h4-8H,3,9,15H2,1-2H3,(H,16,19). The Bertz CT molecular complexity index is 597. The highest BCUT2D eigenvalue weighted by Gasteiger charge is 2.08. The topological polar surface area (TPSA) is 71.2 Å². The van der Waals surface area contributed by atoms with E-state index in [1.165, 1.54) is 0 Å². The van der Waals surface area contributed by atoms with Crippen LogP contribution in [-0.2, 0) is 4.79 Å². The second-order valence-corrected chi connectivity index (χ2v) is 4.43. The first-order valence-electron chi connectivity index (χ1n) is 6.24. The first-order chi connectivity index (χ1) is 9.10. The van der Waals surface area contributed by atoms with Gasteiger partial charge in [0.05, 0.1) is 12.1 Å². The molecule has 5 nitrogen and oxygen atoms in total. The number of hydrogen-bond acceptors (Lipinski definition) is 4. The lowest BCUT2D eigenvalue weighted by Crippen LogP contribution is -2.35. The number of anilines is 2. The lowest BCUT2D eigenvalue weighted by molar-refractivity contribution is -0.119. The number of benzene rings is 1. The van der Waals surface area contributed by atoms with Crippen molar-refractivity contribution in [2.75, 3.05) is 30.8 Å². The number of likely N-dealkylation sites (N-methyl/N-ethyl adjacent to an activating group) is 2. The van der Waals surface area contributed by atoms with E-state index in [0.717, 1.165) is 22.4 Å². The maximum Gasteiger partial charge on any atom is 0.239 e. The summed E-state index contributed by atoms with van der Waals surface area (Å²) >= 11 is 0. The quantitative estimate of drug-likeness (QED) is 0.813. The van der Waals surface area contributed by atoms with Crippen LogP contribution < -0.4 is 16.0 Å². The summed E-state index contributed by atoms with van der Waals surface area (Å²) in [6, 6.07) is 9.44. The van der Waals surface area contributed by atoms with Crippen molar-refractivity contribution in [2.45, 2.75) is 6.92 Å². The van der Waals surface area contributed by atoms with Gasteiger partial charge >= 0.3 is 0 Å². The smallest absolute Gasteiger partial charge is 0.239 e. The minimum absolute atomic E-state index is 0.01000. The van der Waals surface area contributed by atoms with E-state index in [2.05, 4.69) is 10.3 Å². The fourth-order valence-corrected chi connectivity index (χ4v) is 1.90. The molecular formula is C14H18N4O. The van der Waals surface area contributed by atoms with E-state index in [1.807, 2.05) is 49.2 Å². The Morgan fingerprint density at radius 1 is 1.37 bits per heavy atom. The lowest BCUT2D eigenvalue weighted by atomic mass is 10.2. The van der Waals surface area contributed by atoms with Gasteiger partial charge in [-0.3, -0.25) is 4.79 Å². The molecule has 0 bridgehead atoms. The summed E-state index contributed by atoms with van der Waals surface area (Å²) in [5.74, 6) is 0.757. The van der Waals surface area contributed by atoms with Crippen molar-refractivity contribution in [3.05, 3.63) is 30.3 Å². The van der Waals surface area contributed by atoms with E-state index < -0.39 is 0 Å². The van der Waals surface area contributed by atoms with Gasteiger partial charge in [-0.15, -0.1) is 0 Å². The Balaban J connectivity index is 2.20. The SMILES string of the molecule is CCNC(=O)CN(C)c1ccc2cc(N)ccc2n1. The minimum Gasteiger partial charge on any atom is -0.399 e. The summed E-state index contributed by atoms with van der Waals surface area (Å²) in [6.45, 7) is 2.83. The van der Waals surface area contributed by atoms with E-state index in [-0.39, 0.29) is 5.91 Å². The molecular weight excluding hydrogens is 240 g/mol. The Morgan fingerprint density at radius 3 is 2.89 bits per heavy atom. The minimum atomic E-state index is -0.01000. The molecule has 0 atom stereocenters. The molecule has 2 rings (SSSR count). The molecule has 0 fully saturated rings. The van der Waals surface area contributed by atoms with Gasteiger partial charge in [0.2, 0.25) is 5.91 Å². The van der Waals surface area contributed by atoms with Crippen LogP contribution in [0.3, 0.4) is 0 Å². The van der Waals surface area contributed by atoms with Gasteiger partial charge in [-0.2, -0.15) is 0 Å². The number of nitrogens with one attached hydrogen (secondary N) is 1. The molecule has 0 saturated carbocycles. The summed E-state index contributed by atoms with van der Waals surface area (Å²) in [5.41, 5.74) is 7.32. The van der Waals surface area contributed by atoms with E-state index in [9.17, 15) is 4.79 Å². The van der Waals surface area contributed by atoms with Gasteiger partial charge in [-0.1, -0.05) is 0 Å². The largest absolute Gasteiger partial charge is 0.399 e. The highest BCUT2D eigenvalue weighted by Crippen LogP contribution is 2.19. The average molecular weight is 258 g/mol. The summed E-state index contributed by atoms with van der Waals surface area (Å²) in [4.78, 5) is 17.9. The van der Waals surface area contributed by atoms with Crippen LogP contribution in [-0.4, -0.2) is 31.0 Å². The van der Waals surface area contributed by atoms with Crippen LogP contribution in [0.1, 0.15) is 6.92 Å². The van der Waals surface area contributed by atoms with Gasteiger partial charge in [-0.25, -0.2) is 4.98 Å². The van der Waals surface area contributed by atoms with Gasteiger partial charge in [0, 0.05) is 24.7 Å². The molecule has 0 aliphatic rings. The third-order valence-electron chi connectivity index (χ3n) is 2.84. The highest BCUT2D eigenvalue weighted by molar-refractivity contribution is 5.84. The van der Waals surface area contributed by atoms with Crippen molar-refractivity contribution in [1.29, 1.82) is 0 Å². The third-order valence-corrected chi connectivity index (χ3v) is 2.84. The summed E-state index contributed by atoms with van der Waals surface area (Å²) in [5, 5.41) is 3.76. The predicted molar refractivity (Wildman–Crippen MR) is 78.1 cm³/mol. The molecule has 0 aliphatic carbocycles. The second-order valence-electron chi connectivity index (χ2n) is 4.43. The Morgan fingerprint density at radius 2 is 2.16 bits per heavy atom. The van der Waals surface area contributed by atoms with Crippen LogP contribution in [0.2, 0.25) is 0 Å². The maximum absolute atomic E-state index is 11.5. The van der Waals surface area contributed by atoms with Crippen LogP contribution in [0.4, 0.5) is 11.5 Å². The van der Waals surface area contributed by atoms with Crippen LogP contribution in [0, 0.1) is 0 Å². The number of fused-ring (bicyclic) bond motifs is 1. The molecule has 2 aromatic rings. The Hall–Kier alpha value is -2.30. The molecule has 3 N–H and O–H groups in total. The van der Waals surface area contributed by atoms with Crippen molar-refractivity contribution in [1.82, 2.24) is 10.3 Å². The number of pyridine rings is 1. The second kappa shape index (κ2) is 5.56. The molecule has 1 aromatic carbocycles. The number of hydrogen-bond donors (Lipinski definition) is 2. The van der Waals surface area contributed by atoms with E-state index in [0.29, 0.717) is 13.1 Å². The number of nitrogen functional groups attached to an aromatic ring is 1. The van der Waals surface area contributed by atoms with Crippen LogP contribution in [0.5, 0.6) is 0 Å². The molecule has 100 valence electrons. The normalized spacial score (nSPS) is 10.4. The van der Waals surface area contributed by atoms with E-state index in [4.69, 9.17) is 5.73 Å². The number of nitrogens with zero attached hydrogens (tertiary/aromatic N) is 2. The Labute approximate surface area is 112 Å². The molecule has 0 unspecified atom stereocenters.